The van der Waals surface area contributed by atoms with Gasteiger partial charge in [0, 0.05) is 0 Å². The zero-order chi connectivity index (χ0) is 12.7. The van der Waals surface area contributed by atoms with Gasteiger partial charge in [-0.05, 0) is 24.1 Å². The van der Waals surface area contributed by atoms with Gasteiger partial charge in [0.1, 0.15) is 5.75 Å². The maximum Gasteiger partial charge on any atom is 0.393 e. The summed E-state index contributed by atoms with van der Waals surface area (Å²) in [6.07, 6.45) is -4.46. The molecule has 0 aromatic heterocycles. The molecule has 1 fully saturated rings. The summed E-state index contributed by atoms with van der Waals surface area (Å²) in [4.78, 5) is 0. The third kappa shape index (κ3) is 1.84. The van der Waals surface area contributed by atoms with E-state index in [1.165, 1.54) is 19.2 Å². The van der Waals surface area contributed by atoms with Crippen LogP contribution < -0.4 is 4.74 Å². The molecule has 0 aliphatic heterocycles. The first-order valence-electron chi connectivity index (χ1n) is 5.06. The number of rotatable bonds is 2. The van der Waals surface area contributed by atoms with Crippen molar-refractivity contribution in [3.63, 3.8) is 0 Å². The lowest BCUT2D eigenvalue weighted by molar-refractivity contribution is -0.150. The van der Waals surface area contributed by atoms with Crippen molar-refractivity contribution in [1.29, 1.82) is 5.26 Å². The van der Waals surface area contributed by atoms with E-state index < -0.39 is 17.5 Å². The second-order valence-corrected chi connectivity index (χ2v) is 4.11. The van der Waals surface area contributed by atoms with Crippen LogP contribution in [0, 0.1) is 17.2 Å². The molecule has 0 unspecified atom stereocenters. The molecule has 17 heavy (non-hydrogen) atoms. The number of hydrogen-bond acceptors (Lipinski definition) is 2. The van der Waals surface area contributed by atoms with Crippen LogP contribution in [0.1, 0.15) is 12.0 Å². The van der Waals surface area contributed by atoms with Gasteiger partial charge in [0.2, 0.25) is 0 Å². The number of halogens is 3. The number of hydrogen-bond donors (Lipinski definition) is 0. The molecule has 5 heteroatoms. The summed E-state index contributed by atoms with van der Waals surface area (Å²) in [6, 6.07) is 7.98. The third-order valence-corrected chi connectivity index (χ3v) is 3.16. The molecule has 0 radical (unpaired) electrons. The summed E-state index contributed by atoms with van der Waals surface area (Å²) in [6.45, 7) is 0. The molecule has 2 nitrogen and oxygen atoms in total. The number of benzene rings is 1. The van der Waals surface area contributed by atoms with Crippen molar-refractivity contribution >= 4 is 0 Å². The zero-order valence-electron chi connectivity index (χ0n) is 9.08. The van der Waals surface area contributed by atoms with Crippen LogP contribution >= 0.6 is 0 Å². The minimum absolute atomic E-state index is 0.153. The van der Waals surface area contributed by atoms with Crippen molar-refractivity contribution in [2.24, 2.45) is 5.92 Å². The van der Waals surface area contributed by atoms with Crippen LogP contribution in [0.15, 0.2) is 24.3 Å². The van der Waals surface area contributed by atoms with Gasteiger partial charge in [-0.15, -0.1) is 0 Å². The Hall–Kier alpha value is -1.70. The fraction of sp³-hybridized carbons (Fsp3) is 0.417. The molecule has 0 heterocycles. The van der Waals surface area contributed by atoms with E-state index >= 15 is 0 Å². The summed E-state index contributed by atoms with van der Waals surface area (Å²) < 4.78 is 42.7. The minimum atomic E-state index is -4.31. The smallest absolute Gasteiger partial charge is 0.393 e. The van der Waals surface area contributed by atoms with Crippen molar-refractivity contribution < 1.29 is 17.9 Å². The molecule has 2 atom stereocenters. The van der Waals surface area contributed by atoms with Crippen LogP contribution in [0.3, 0.4) is 0 Å². The van der Waals surface area contributed by atoms with Gasteiger partial charge >= 0.3 is 6.18 Å². The first-order valence-corrected chi connectivity index (χ1v) is 5.06. The highest BCUT2D eigenvalue weighted by Gasteiger charge is 2.68. The maximum atomic E-state index is 12.6. The van der Waals surface area contributed by atoms with Crippen LogP contribution in [0.4, 0.5) is 13.2 Å². The van der Waals surface area contributed by atoms with Crippen LogP contribution in [-0.2, 0) is 5.41 Å². The second kappa shape index (κ2) is 3.66. The number of methoxy groups -OCH3 is 1. The van der Waals surface area contributed by atoms with Crippen molar-refractivity contribution in [2.75, 3.05) is 7.11 Å². The number of nitrogens with zero attached hydrogens (tertiary/aromatic N) is 1. The lowest BCUT2D eigenvalue weighted by Crippen LogP contribution is -2.19. The van der Waals surface area contributed by atoms with E-state index in [9.17, 15) is 13.2 Å². The van der Waals surface area contributed by atoms with Gasteiger partial charge in [0.15, 0.2) is 0 Å². The maximum absolute atomic E-state index is 12.6. The van der Waals surface area contributed by atoms with Crippen LogP contribution in [0.25, 0.3) is 0 Å². The lowest BCUT2D eigenvalue weighted by Gasteiger charge is -2.12. The highest BCUT2D eigenvalue weighted by Crippen LogP contribution is 2.60. The van der Waals surface area contributed by atoms with Gasteiger partial charge in [0.05, 0.1) is 24.5 Å². The summed E-state index contributed by atoms with van der Waals surface area (Å²) in [5.74, 6) is -0.987. The van der Waals surface area contributed by atoms with Crippen LogP contribution in [0.2, 0.25) is 0 Å². The lowest BCUT2D eigenvalue weighted by atomic mass is 9.94. The summed E-state index contributed by atoms with van der Waals surface area (Å²) in [5.41, 5.74) is -0.993. The number of nitriles is 1. The van der Waals surface area contributed by atoms with Crippen molar-refractivity contribution in [3.8, 4) is 11.8 Å². The normalized spacial score (nSPS) is 27.4. The Labute approximate surface area is 96.6 Å². The molecule has 2 rings (SSSR count). The average molecular weight is 241 g/mol. The summed E-state index contributed by atoms with van der Waals surface area (Å²) >= 11 is 0. The fourth-order valence-electron chi connectivity index (χ4n) is 2.05. The van der Waals surface area contributed by atoms with Gasteiger partial charge < -0.3 is 4.74 Å². The molecule has 1 saturated carbocycles. The van der Waals surface area contributed by atoms with E-state index in [0.717, 1.165) is 0 Å². The summed E-state index contributed by atoms with van der Waals surface area (Å²) in [5, 5.41) is 8.99. The largest absolute Gasteiger partial charge is 0.497 e. The van der Waals surface area contributed by atoms with Crippen LogP contribution in [-0.4, -0.2) is 13.3 Å². The van der Waals surface area contributed by atoms with E-state index in [-0.39, 0.29) is 6.42 Å². The number of alkyl halides is 3. The van der Waals surface area contributed by atoms with E-state index in [0.29, 0.717) is 11.3 Å². The predicted molar refractivity (Wildman–Crippen MR) is 54.4 cm³/mol. The average Bonchev–Trinajstić information content (AvgIpc) is 3.05. The minimum Gasteiger partial charge on any atom is -0.497 e. The van der Waals surface area contributed by atoms with Crippen molar-refractivity contribution in [1.82, 2.24) is 0 Å². The standard InChI is InChI=1S/C12H10F3NO/c1-17-9-4-2-8(3-5-9)11(7-16)6-10(11)12(13,14)15/h2-5,10H,6H2,1H3/t10-,11-/m1/s1. The Balaban J connectivity index is 2.30. The molecule has 0 amide bonds. The Morgan fingerprint density at radius 2 is 1.94 bits per heavy atom. The molecule has 0 N–H and O–H groups in total. The van der Waals surface area contributed by atoms with Gasteiger partial charge in [-0.1, -0.05) is 12.1 Å². The SMILES string of the molecule is COc1ccc([C@]2(C#N)C[C@H]2C(F)(F)F)cc1. The molecule has 0 bridgehead atoms. The van der Waals surface area contributed by atoms with Gasteiger partial charge in [0.25, 0.3) is 0 Å². The highest BCUT2D eigenvalue weighted by molar-refractivity contribution is 5.44. The topological polar surface area (TPSA) is 33.0 Å². The Morgan fingerprint density at radius 3 is 2.29 bits per heavy atom. The fourth-order valence-corrected chi connectivity index (χ4v) is 2.05. The Kier molecular flexibility index (Phi) is 2.53. The summed E-state index contributed by atoms with van der Waals surface area (Å²) in [7, 11) is 1.48. The third-order valence-electron chi connectivity index (χ3n) is 3.16. The van der Waals surface area contributed by atoms with Gasteiger partial charge in [-0.2, -0.15) is 18.4 Å². The highest BCUT2D eigenvalue weighted by atomic mass is 19.4. The van der Waals surface area contributed by atoms with Gasteiger partial charge in [-0.25, -0.2) is 0 Å². The Morgan fingerprint density at radius 1 is 1.35 bits per heavy atom. The van der Waals surface area contributed by atoms with E-state index in [2.05, 4.69) is 0 Å². The molecule has 0 spiro atoms. The van der Waals surface area contributed by atoms with E-state index in [1.54, 1.807) is 18.2 Å². The molecule has 1 aromatic carbocycles. The number of ether oxygens (including phenoxy) is 1. The molecule has 1 aromatic rings. The van der Waals surface area contributed by atoms with Crippen molar-refractivity contribution in [2.45, 2.75) is 18.0 Å². The first kappa shape index (κ1) is 11.8. The molecule has 1 aliphatic rings. The monoisotopic (exact) mass is 241 g/mol. The molecular weight excluding hydrogens is 231 g/mol. The molecule has 0 saturated heterocycles. The van der Waals surface area contributed by atoms with Crippen LogP contribution in [0.5, 0.6) is 5.75 Å². The molecule has 90 valence electrons. The zero-order valence-corrected chi connectivity index (χ0v) is 9.08. The van der Waals surface area contributed by atoms with E-state index in [4.69, 9.17) is 10.00 Å². The first-order chi connectivity index (χ1) is 7.94. The molecular formula is C12H10F3NO. The molecule has 1 aliphatic carbocycles. The quantitative estimate of drug-likeness (QED) is 0.797. The van der Waals surface area contributed by atoms with Crippen molar-refractivity contribution in [3.05, 3.63) is 29.8 Å². The second-order valence-electron chi connectivity index (χ2n) is 4.11. The van der Waals surface area contributed by atoms with E-state index in [1.807, 2.05) is 0 Å². The van der Waals surface area contributed by atoms with Gasteiger partial charge in [-0.3, -0.25) is 0 Å². The predicted octanol–water partition coefficient (Wildman–Crippen LogP) is 3.04. The Bertz CT molecular complexity index is 460.